The van der Waals surface area contributed by atoms with E-state index in [2.05, 4.69) is 48.4 Å². The number of aromatic nitrogens is 1. The highest BCUT2D eigenvalue weighted by Gasteiger charge is 2.33. The predicted molar refractivity (Wildman–Crippen MR) is 158 cm³/mol. The molecule has 5 heteroatoms. The van der Waals surface area contributed by atoms with Gasteiger partial charge >= 0.3 is 0 Å². The highest BCUT2D eigenvalue weighted by Crippen LogP contribution is 2.38. The molecule has 0 bridgehead atoms. The van der Waals surface area contributed by atoms with Crippen LogP contribution in [0.5, 0.6) is 5.75 Å². The topological polar surface area (TPSA) is 42.4 Å². The van der Waals surface area contributed by atoms with E-state index in [-0.39, 0.29) is 0 Å². The van der Waals surface area contributed by atoms with Gasteiger partial charge in [-0.15, -0.1) is 11.3 Å². The molecule has 0 atom stereocenters. The van der Waals surface area contributed by atoms with Crippen molar-refractivity contribution in [3.05, 3.63) is 65.0 Å². The van der Waals surface area contributed by atoms with E-state index < -0.39 is 0 Å². The molecule has 0 saturated heterocycles. The summed E-state index contributed by atoms with van der Waals surface area (Å²) in [4.78, 5) is 18.3. The SMILES string of the molecule is CC(C)N(Cc1ccc(C=O)cc1)c1nc(-c2ccc(OC(C3CCCCC3)C3CCCCC3)cc2)cs1. The quantitative estimate of drug-likeness (QED) is 0.245. The molecule has 2 saturated carbocycles. The largest absolute Gasteiger partial charge is 0.490 e. The third kappa shape index (κ3) is 6.66. The molecule has 2 aliphatic rings. The van der Waals surface area contributed by atoms with Gasteiger partial charge in [0.2, 0.25) is 0 Å². The van der Waals surface area contributed by atoms with Crippen molar-refractivity contribution in [3.8, 4) is 17.0 Å². The lowest BCUT2D eigenvalue weighted by Crippen LogP contribution is -2.37. The molecule has 3 aromatic rings. The number of carbonyl (C=O) groups is 1. The summed E-state index contributed by atoms with van der Waals surface area (Å²) in [5.74, 6) is 2.43. The first-order valence-corrected chi connectivity index (χ1v) is 15.5. The van der Waals surface area contributed by atoms with Crippen LogP contribution in [0, 0.1) is 11.8 Å². The van der Waals surface area contributed by atoms with E-state index in [0.29, 0.717) is 29.5 Å². The second-order valence-electron chi connectivity index (χ2n) is 11.5. The second kappa shape index (κ2) is 12.9. The molecule has 0 aliphatic heterocycles. The van der Waals surface area contributed by atoms with Gasteiger partial charge in [-0.25, -0.2) is 4.98 Å². The maximum Gasteiger partial charge on any atom is 0.186 e. The molecule has 1 heterocycles. The summed E-state index contributed by atoms with van der Waals surface area (Å²) < 4.78 is 6.79. The number of anilines is 1. The number of ether oxygens (including phenoxy) is 1. The zero-order chi connectivity index (χ0) is 26.3. The van der Waals surface area contributed by atoms with Gasteiger partial charge in [-0.3, -0.25) is 4.79 Å². The van der Waals surface area contributed by atoms with Gasteiger partial charge in [-0.2, -0.15) is 0 Å². The fourth-order valence-electron chi connectivity index (χ4n) is 6.26. The molecular weight excluding hydrogens is 488 g/mol. The van der Waals surface area contributed by atoms with Crippen LogP contribution < -0.4 is 9.64 Å². The lowest BCUT2D eigenvalue weighted by molar-refractivity contribution is 0.0390. The van der Waals surface area contributed by atoms with Gasteiger partial charge in [-0.1, -0.05) is 62.8 Å². The van der Waals surface area contributed by atoms with Gasteiger partial charge in [0.1, 0.15) is 18.1 Å². The molecule has 2 aromatic carbocycles. The van der Waals surface area contributed by atoms with E-state index in [4.69, 9.17) is 9.72 Å². The van der Waals surface area contributed by atoms with E-state index in [9.17, 15) is 4.79 Å². The summed E-state index contributed by atoms with van der Waals surface area (Å²) in [6, 6.07) is 16.8. The van der Waals surface area contributed by atoms with Crippen molar-refractivity contribution in [3.63, 3.8) is 0 Å². The van der Waals surface area contributed by atoms with Crippen molar-refractivity contribution >= 4 is 22.8 Å². The highest BCUT2D eigenvalue weighted by atomic mass is 32.1. The fourth-order valence-corrected chi connectivity index (χ4v) is 7.23. The van der Waals surface area contributed by atoms with E-state index in [1.54, 1.807) is 11.3 Å². The Bertz CT molecular complexity index is 1120. The molecule has 0 N–H and O–H groups in total. The van der Waals surface area contributed by atoms with Crippen LogP contribution in [-0.2, 0) is 6.54 Å². The van der Waals surface area contributed by atoms with Crippen molar-refractivity contribution in [2.75, 3.05) is 4.90 Å². The Morgan fingerprint density at radius 2 is 1.50 bits per heavy atom. The van der Waals surface area contributed by atoms with E-state index in [1.807, 2.05) is 24.3 Å². The Morgan fingerprint density at radius 1 is 0.895 bits per heavy atom. The zero-order valence-corrected chi connectivity index (χ0v) is 23.8. The molecular formula is C33H42N2O2S. The van der Waals surface area contributed by atoms with Crippen molar-refractivity contribution in [1.29, 1.82) is 0 Å². The number of carbonyl (C=O) groups excluding carboxylic acids is 1. The van der Waals surface area contributed by atoms with Crippen molar-refractivity contribution < 1.29 is 9.53 Å². The highest BCUT2D eigenvalue weighted by molar-refractivity contribution is 7.14. The first-order chi connectivity index (χ1) is 18.6. The molecule has 202 valence electrons. The van der Waals surface area contributed by atoms with Crippen molar-refractivity contribution in [2.24, 2.45) is 11.8 Å². The summed E-state index contributed by atoms with van der Waals surface area (Å²) >= 11 is 1.69. The van der Waals surface area contributed by atoms with Crippen molar-refractivity contribution in [1.82, 2.24) is 4.98 Å². The van der Waals surface area contributed by atoms with Gasteiger partial charge in [0.05, 0.1) is 5.69 Å². The average molecular weight is 531 g/mol. The van der Waals surface area contributed by atoms with Gasteiger partial charge in [0.25, 0.3) is 0 Å². The maximum atomic E-state index is 11.0. The van der Waals surface area contributed by atoms with E-state index in [1.165, 1.54) is 69.8 Å². The predicted octanol–water partition coefficient (Wildman–Crippen LogP) is 8.95. The Kier molecular flexibility index (Phi) is 9.16. The number of hydrogen-bond donors (Lipinski definition) is 0. The van der Waals surface area contributed by atoms with Crippen LogP contribution in [0.3, 0.4) is 0 Å². The van der Waals surface area contributed by atoms with Crippen LogP contribution in [0.25, 0.3) is 11.3 Å². The summed E-state index contributed by atoms with van der Waals surface area (Å²) in [7, 11) is 0. The van der Waals surface area contributed by atoms with Crippen LogP contribution in [0.2, 0.25) is 0 Å². The Labute approximate surface area is 232 Å². The molecule has 2 fully saturated rings. The number of aldehydes is 1. The maximum absolute atomic E-state index is 11.0. The van der Waals surface area contributed by atoms with E-state index in [0.717, 1.165) is 35.0 Å². The summed E-state index contributed by atoms with van der Waals surface area (Å²) in [5, 5.41) is 3.17. The third-order valence-electron chi connectivity index (χ3n) is 8.48. The second-order valence-corrected chi connectivity index (χ2v) is 12.3. The molecule has 2 aliphatic carbocycles. The minimum atomic E-state index is 0.312. The zero-order valence-electron chi connectivity index (χ0n) is 23.0. The van der Waals surface area contributed by atoms with Gasteiger partial charge < -0.3 is 9.64 Å². The first-order valence-electron chi connectivity index (χ1n) is 14.6. The number of rotatable bonds is 10. The third-order valence-corrected chi connectivity index (χ3v) is 9.36. The summed E-state index contributed by atoms with van der Waals surface area (Å²) in [6.45, 7) is 5.16. The minimum Gasteiger partial charge on any atom is -0.490 e. The normalized spacial score (nSPS) is 17.2. The molecule has 1 aromatic heterocycles. The lowest BCUT2D eigenvalue weighted by atomic mass is 9.75. The minimum absolute atomic E-state index is 0.312. The first kappa shape index (κ1) is 26.9. The van der Waals surface area contributed by atoms with Gasteiger partial charge in [0, 0.05) is 29.1 Å². The smallest absolute Gasteiger partial charge is 0.186 e. The summed E-state index contributed by atoms with van der Waals surface area (Å²) in [6.07, 6.45) is 14.8. The monoisotopic (exact) mass is 530 g/mol. The van der Waals surface area contributed by atoms with Gasteiger partial charge in [-0.05, 0) is 81.2 Å². The molecule has 5 rings (SSSR count). The average Bonchev–Trinajstić information content (AvgIpc) is 3.46. The number of thiazole rings is 1. The van der Waals surface area contributed by atoms with Crippen LogP contribution in [0.1, 0.15) is 94.0 Å². The fraction of sp³-hybridized carbons (Fsp3) is 0.515. The lowest BCUT2D eigenvalue weighted by Gasteiger charge is -2.37. The van der Waals surface area contributed by atoms with Crippen LogP contribution >= 0.6 is 11.3 Å². The van der Waals surface area contributed by atoms with Crippen LogP contribution in [0.4, 0.5) is 5.13 Å². The molecule has 0 unspecified atom stereocenters. The molecule has 38 heavy (non-hydrogen) atoms. The summed E-state index contributed by atoms with van der Waals surface area (Å²) in [5.41, 5.74) is 4.02. The van der Waals surface area contributed by atoms with Crippen molar-refractivity contribution in [2.45, 2.75) is 96.7 Å². The molecule has 0 radical (unpaired) electrons. The standard InChI is InChI=1S/C33H42N2O2S/c1-24(2)35(21-25-13-15-26(22-36)16-14-25)33-34-31(23-38-33)27-17-19-30(20-18-27)37-32(28-9-5-3-6-10-28)29-11-7-4-8-12-29/h13-20,22-24,28-29,32H,3-12,21H2,1-2H3. The van der Waals surface area contributed by atoms with Crippen LogP contribution in [0.15, 0.2) is 53.9 Å². The number of nitrogens with zero attached hydrogens (tertiary/aromatic N) is 2. The van der Waals surface area contributed by atoms with Gasteiger partial charge in [0.15, 0.2) is 5.13 Å². The molecule has 4 nitrogen and oxygen atoms in total. The molecule has 0 amide bonds. The van der Waals surface area contributed by atoms with E-state index >= 15 is 0 Å². The molecule has 0 spiro atoms. The van der Waals surface area contributed by atoms with Crippen LogP contribution in [-0.4, -0.2) is 23.4 Å². The number of benzene rings is 2. The Hall–Kier alpha value is -2.66. The number of hydrogen-bond acceptors (Lipinski definition) is 5. The Morgan fingerprint density at radius 3 is 2.05 bits per heavy atom. The Balaban J connectivity index is 1.28.